The molecule has 3 heterocycles. The van der Waals surface area contributed by atoms with E-state index in [1.807, 2.05) is 42.5 Å². The molecule has 0 bridgehead atoms. The van der Waals surface area contributed by atoms with E-state index in [2.05, 4.69) is 20.7 Å². The largest absolute Gasteiger partial charge is 0.376 e. The summed E-state index contributed by atoms with van der Waals surface area (Å²) >= 11 is 0. The Bertz CT molecular complexity index is 1920. The monoisotopic (exact) mass is 560 g/mol. The van der Waals surface area contributed by atoms with E-state index < -0.39 is 33.2 Å². The van der Waals surface area contributed by atoms with Crippen molar-refractivity contribution in [1.82, 2.24) is 10.2 Å². The van der Waals surface area contributed by atoms with E-state index in [-0.39, 0.29) is 11.4 Å². The number of H-pyrrole nitrogens is 1. The van der Waals surface area contributed by atoms with Crippen LogP contribution in [0.5, 0.6) is 0 Å². The van der Waals surface area contributed by atoms with E-state index in [0.717, 1.165) is 5.39 Å². The topological polar surface area (TPSA) is 166 Å². The second-order valence-corrected chi connectivity index (χ2v) is 10.1. The number of nitro groups is 2. The standard InChI is InChI=1S/C30H20N6O6/c37-29-30(28(34-42-29)18-4-2-1-3-5-18)25(17-6-11-21(12-7-17)35(38)39)24-23(15-10-20-16-31-33-26(20)24)32-27(30)19-8-13-22(14-9-19)36(40)41/h1-16,25,27,32H,(H,31,33)/t25-,27-,30-/m0/s1. The molecule has 2 aliphatic rings. The van der Waals surface area contributed by atoms with Crippen LogP contribution in [0.1, 0.15) is 34.2 Å². The number of oxime groups is 1. The highest BCUT2D eigenvalue weighted by Crippen LogP contribution is 2.60. The summed E-state index contributed by atoms with van der Waals surface area (Å²) in [5.41, 5.74) is 2.54. The van der Waals surface area contributed by atoms with Crippen LogP contribution in [0, 0.1) is 25.6 Å². The minimum Gasteiger partial charge on any atom is -0.376 e. The third-order valence-electron chi connectivity index (χ3n) is 8.03. The Morgan fingerprint density at radius 2 is 1.45 bits per heavy atom. The van der Waals surface area contributed by atoms with E-state index in [4.69, 9.17) is 4.84 Å². The van der Waals surface area contributed by atoms with E-state index in [1.165, 1.54) is 24.3 Å². The SMILES string of the molecule is O=C1ON=C(c2ccccc2)[C@@]12[C@@H](c1ccc([N+](=O)[O-])cc1)c1c(ccc3cn[nH]c13)N[C@H]2c1ccc([N+](=O)[O-])cc1. The maximum Gasteiger partial charge on any atom is 0.350 e. The van der Waals surface area contributed by atoms with Crippen LogP contribution in [0.2, 0.25) is 0 Å². The number of hydrogen-bond acceptors (Lipinski definition) is 9. The summed E-state index contributed by atoms with van der Waals surface area (Å²) in [4.78, 5) is 41.8. The van der Waals surface area contributed by atoms with Crippen molar-refractivity contribution in [2.45, 2.75) is 12.0 Å². The molecular formula is C30H20N6O6. The highest BCUT2D eigenvalue weighted by molar-refractivity contribution is 6.20. The Kier molecular flexibility index (Phi) is 5.58. The van der Waals surface area contributed by atoms with Crippen molar-refractivity contribution in [2.75, 3.05) is 5.32 Å². The van der Waals surface area contributed by atoms with Gasteiger partial charge in [0.1, 0.15) is 5.71 Å². The van der Waals surface area contributed by atoms with Gasteiger partial charge in [0.15, 0.2) is 5.41 Å². The van der Waals surface area contributed by atoms with Crippen molar-refractivity contribution in [3.05, 3.63) is 140 Å². The number of nitrogens with zero attached hydrogens (tertiary/aromatic N) is 4. The summed E-state index contributed by atoms with van der Waals surface area (Å²) in [5.74, 6) is -1.41. The van der Waals surface area contributed by atoms with Crippen molar-refractivity contribution in [1.29, 1.82) is 0 Å². The average Bonchev–Trinajstić information content (AvgIpc) is 3.63. The van der Waals surface area contributed by atoms with Gasteiger partial charge >= 0.3 is 5.97 Å². The molecular weight excluding hydrogens is 540 g/mol. The molecule has 0 radical (unpaired) electrons. The summed E-state index contributed by atoms with van der Waals surface area (Å²) in [5, 5.41) is 38.9. The molecule has 2 N–H and O–H groups in total. The first-order valence-corrected chi connectivity index (χ1v) is 13.0. The molecule has 42 heavy (non-hydrogen) atoms. The molecule has 7 rings (SSSR count). The number of carbonyl (C=O) groups excluding carboxylic acids is 1. The quantitative estimate of drug-likeness (QED) is 0.159. The molecule has 206 valence electrons. The van der Waals surface area contributed by atoms with Gasteiger partial charge in [-0.1, -0.05) is 59.8 Å². The molecule has 0 unspecified atom stereocenters. The van der Waals surface area contributed by atoms with Crippen molar-refractivity contribution >= 4 is 39.6 Å². The summed E-state index contributed by atoms with van der Waals surface area (Å²) in [6.07, 6.45) is 1.68. The molecule has 0 fully saturated rings. The first kappa shape index (κ1) is 25.1. The molecule has 3 atom stereocenters. The molecule has 0 saturated heterocycles. The lowest BCUT2D eigenvalue weighted by Gasteiger charge is -2.47. The number of non-ortho nitro benzene ring substituents is 2. The number of rotatable bonds is 5. The second kappa shape index (κ2) is 9.34. The summed E-state index contributed by atoms with van der Waals surface area (Å²) in [6.45, 7) is 0. The molecule has 0 amide bonds. The fourth-order valence-electron chi connectivity index (χ4n) is 6.21. The first-order chi connectivity index (χ1) is 20.4. The normalized spacial score (nSPS) is 21.0. The zero-order chi connectivity index (χ0) is 29.0. The fraction of sp³-hybridized carbons (Fsp3) is 0.100. The van der Waals surface area contributed by atoms with Crippen LogP contribution < -0.4 is 5.32 Å². The van der Waals surface area contributed by atoms with E-state index in [1.54, 1.807) is 30.5 Å². The van der Waals surface area contributed by atoms with Crippen LogP contribution in [0.15, 0.2) is 102 Å². The Labute approximate surface area is 236 Å². The molecule has 0 aliphatic carbocycles. The summed E-state index contributed by atoms with van der Waals surface area (Å²) in [7, 11) is 0. The third kappa shape index (κ3) is 3.58. The number of hydrogen-bond donors (Lipinski definition) is 2. The van der Waals surface area contributed by atoms with Gasteiger partial charge in [0.2, 0.25) is 0 Å². The molecule has 1 aromatic heterocycles. The van der Waals surface area contributed by atoms with Gasteiger partial charge in [-0.05, 0) is 23.3 Å². The number of nitro benzene ring substituents is 2. The maximum atomic E-state index is 14.3. The summed E-state index contributed by atoms with van der Waals surface area (Å²) < 4.78 is 0. The van der Waals surface area contributed by atoms with Crippen LogP contribution in [-0.4, -0.2) is 31.7 Å². The first-order valence-electron chi connectivity index (χ1n) is 13.0. The third-order valence-corrected chi connectivity index (χ3v) is 8.03. The van der Waals surface area contributed by atoms with Gasteiger partial charge in [0.05, 0.1) is 27.6 Å². The van der Waals surface area contributed by atoms with Crippen molar-refractivity contribution < 1.29 is 19.5 Å². The Hall–Kier alpha value is -5.91. The highest BCUT2D eigenvalue weighted by Gasteiger charge is 2.64. The summed E-state index contributed by atoms with van der Waals surface area (Å²) in [6, 6.07) is 24.2. The minimum absolute atomic E-state index is 0.0963. The van der Waals surface area contributed by atoms with Crippen molar-refractivity contribution in [2.24, 2.45) is 10.6 Å². The Morgan fingerprint density at radius 3 is 2.10 bits per heavy atom. The maximum absolute atomic E-state index is 14.3. The zero-order valence-corrected chi connectivity index (χ0v) is 21.6. The van der Waals surface area contributed by atoms with E-state index in [9.17, 15) is 25.0 Å². The number of benzene rings is 4. The highest BCUT2D eigenvalue weighted by atomic mass is 16.7. The van der Waals surface area contributed by atoms with Crippen LogP contribution in [0.3, 0.4) is 0 Å². The second-order valence-electron chi connectivity index (χ2n) is 10.1. The average molecular weight is 561 g/mol. The van der Waals surface area contributed by atoms with Gasteiger partial charge in [0, 0.05) is 52.4 Å². The number of fused-ring (bicyclic) bond motifs is 3. The fourth-order valence-corrected chi connectivity index (χ4v) is 6.21. The van der Waals surface area contributed by atoms with Crippen molar-refractivity contribution in [3.8, 4) is 0 Å². The van der Waals surface area contributed by atoms with E-state index in [0.29, 0.717) is 39.2 Å². The number of aromatic nitrogens is 2. The lowest BCUT2D eigenvalue weighted by molar-refractivity contribution is -0.385. The van der Waals surface area contributed by atoms with E-state index >= 15 is 0 Å². The van der Waals surface area contributed by atoms with Gasteiger partial charge in [-0.2, -0.15) is 5.10 Å². The smallest absolute Gasteiger partial charge is 0.350 e. The number of carbonyl (C=O) groups is 1. The number of anilines is 1. The van der Waals surface area contributed by atoms with Crippen molar-refractivity contribution in [3.63, 3.8) is 0 Å². The Morgan fingerprint density at radius 1 is 0.810 bits per heavy atom. The minimum atomic E-state index is -1.54. The van der Waals surface area contributed by atoms with Crippen LogP contribution in [-0.2, 0) is 9.63 Å². The molecule has 1 spiro atoms. The molecule has 5 aromatic rings. The van der Waals surface area contributed by atoms with Gasteiger partial charge in [-0.3, -0.25) is 25.3 Å². The van der Waals surface area contributed by atoms with Gasteiger partial charge in [0.25, 0.3) is 11.4 Å². The zero-order valence-electron chi connectivity index (χ0n) is 21.6. The molecule has 12 nitrogen and oxygen atoms in total. The van der Waals surface area contributed by atoms with Gasteiger partial charge in [-0.15, -0.1) is 0 Å². The molecule has 4 aromatic carbocycles. The van der Waals surface area contributed by atoms with Gasteiger partial charge < -0.3 is 10.2 Å². The lowest BCUT2D eigenvalue weighted by Crippen LogP contribution is -2.52. The van der Waals surface area contributed by atoms with Crippen LogP contribution >= 0.6 is 0 Å². The molecule has 2 aliphatic heterocycles. The molecule has 12 heteroatoms. The predicted octanol–water partition coefficient (Wildman–Crippen LogP) is 5.63. The lowest BCUT2D eigenvalue weighted by atomic mass is 9.57. The van der Waals surface area contributed by atoms with Crippen LogP contribution in [0.25, 0.3) is 10.9 Å². The molecule has 0 saturated carbocycles. The number of aromatic amines is 1. The van der Waals surface area contributed by atoms with Gasteiger partial charge in [-0.25, -0.2) is 4.79 Å². The Balaban J connectivity index is 1.57. The van der Waals surface area contributed by atoms with Crippen LogP contribution in [0.4, 0.5) is 17.1 Å². The number of nitrogens with one attached hydrogen (secondary N) is 2. The predicted molar refractivity (Wildman–Crippen MR) is 152 cm³/mol.